The van der Waals surface area contributed by atoms with E-state index in [4.69, 9.17) is 0 Å². The molecule has 0 saturated carbocycles. The van der Waals surface area contributed by atoms with Gasteiger partial charge in [-0.3, -0.25) is 0 Å². The van der Waals surface area contributed by atoms with Crippen LogP contribution in [0.3, 0.4) is 0 Å². The van der Waals surface area contributed by atoms with Crippen LogP contribution in [0, 0.1) is 27.7 Å². The number of nitrogens with one attached hydrogen (secondary N) is 1. The Labute approximate surface area is 136 Å². The van der Waals surface area contributed by atoms with Gasteiger partial charge in [0.25, 0.3) is 0 Å². The van der Waals surface area contributed by atoms with Gasteiger partial charge in [-0.05, 0) is 38.8 Å². The number of rotatable bonds is 5. The van der Waals surface area contributed by atoms with E-state index in [1.54, 1.807) is 11.3 Å². The molecule has 0 fully saturated rings. The van der Waals surface area contributed by atoms with E-state index in [-0.39, 0.29) is 5.92 Å². The number of hydrogen-bond acceptors (Lipinski definition) is 4. The van der Waals surface area contributed by atoms with Crippen LogP contribution in [-0.4, -0.2) is 19.9 Å². The number of thiazole rings is 1. The Hall–Kier alpha value is -1.24. The second-order valence-corrected chi connectivity index (χ2v) is 8.40. The van der Waals surface area contributed by atoms with Gasteiger partial charge in [0.05, 0.1) is 9.90 Å². The normalized spacial score (nSPS) is 13.3. The summed E-state index contributed by atoms with van der Waals surface area (Å²) in [5.74, 6) is 0.0551. The van der Waals surface area contributed by atoms with Gasteiger partial charge in [0.2, 0.25) is 10.0 Å². The van der Waals surface area contributed by atoms with Crippen molar-refractivity contribution >= 4 is 21.4 Å². The number of aryl methyl sites for hydroxylation is 4. The van der Waals surface area contributed by atoms with Crippen LogP contribution in [-0.2, 0) is 10.0 Å². The lowest BCUT2D eigenvalue weighted by Gasteiger charge is -2.15. The van der Waals surface area contributed by atoms with E-state index in [9.17, 15) is 8.42 Å². The fourth-order valence-corrected chi connectivity index (χ4v) is 5.02. The third-order valence-corrected chi connectivity index (χ3v) is 6.43. The van der Waals surface area contributed by atoms with Crippen LogP contribution in [0.15, 0.2) is 22.4 Å². The molecule has 0 amide bonds. The molecule has 1 atom stereocenters. The first-order chi connectivity index (χ1) is 10.2. The number of aromatic nitrogens is 1. The SMILES string of the molecule is Cc1cc(C)c(S(=O)(=O)NCC(C)c2nc(C)cs2)c(C)c1. The lowest BCUT2D eigenvalue weighted by molar-refractivity contribution is 0.573. The van der Waals surface area contributed by atoms with Crippen LogP contribution < -0.4 is 4.72 Å². The van der Waals surface area contributed by atoms with Gasteiger partial charge in [-0.15, -0.1) is 11.3 Å². The van der Waals surface area contributed by atoms with E-state index >= 15 is 0 Å². The second-order valence-electron chi connectivity index (χ2n) is 5.81. The minimum atomic E-state index is -3.51. The van der Waals surface area contributed by atoms with Gasteiger partial charge in [-0.25, -0.2) is 18.1 Å². The summed E-state index contributed by atoms with van der Waals surface area (Å²) >= 11 is 1.57. The van der Waals surface area contributed by atoms with Crippen LogP contribution in [0.25, 0.3) is 0 Å². The summed E-state index contributed by atoms with van der Waals surface area (Å²) in [5.41, 5.74) is 3.60. The highest BCUT2D eigenvalue weighted by molar-refractivity contribution is 7.89. The summed E-state index contributed by atoms with van der Waals surface area (Å²) < 4.78 is 27.9. The van der Waals surface area contributed by atoms with Crippen LogP contribution in [0.5, 0.6) is 0 Å². The first kappa shape index (κ1) is 17.1. The molecular formula is C16H22N2O2S2. The highest BCUT2D eigenvalue weighted by Crippen LogP contribution is 2.23. The minimum Gasteiger partial charge on any atom is -0.246 e. The monoisotopic (exact) mass is 338 g/mol. The average molecular weight is 338 g/mol. The topological polar surface area (TPSA) is 59.1 Å². The molecule has 1 unspecified atom stereocenters. The molecule has 1 heterocycles. The summed E-state index contributed by atoms with van der Waals surface area (Å²) in [7, 11) is -3.51. The molecule has 120 valence electrons. The van der Waals surface area contributed by atoms with Crippen molar-refractivity contribution < 1.29 is 8.42 Å². The Morgan fingerprint density at radius 2 is 1.77 bits per heavy atom. The molecule has 6 heteroatoms. The van der Waals surface area contributed by atoms with Crippen molar-refractivity contribution in [3.05, 3.63) is 44.9 Å². The first-order valence-corrected chi connectivity index (χ1v) is 9.56. The van der Waals surface area contributed by atoms with E-state index in [1.807, 2.05) is 52.1 Å². The summed E-state index contributed by atoms with van der Waals surface area (Å²) in [6.45, 7) is 9.91. The van der Waals surface area contributed by atoms with Crippen molar-refractivity contribution in [2.45, 2.75) is 45.4 Å². The molecule has 0 saturated heterocycles. The Balaban J connectivity index is 2.18. The van der Waals surface area contributed by atoms with Gasteiger partial charge >= 0.3 is 0 Å². The lowest BCUT2D eigenvalue weighted by Crippen LogP contribution is -2.29. The zero-order chi connectivity index (χ0) is 16.5. The third kappa shape index (κ3) is 3.74. The van der Waals surface area contributed by atoms with Crippen molar-refractivity contribution in [1.29, 1.82) is 0 Å². The van der Waals surface area contributed by atoms with Crippen molar-refractivity contribution in [3.8, 4) is 0 Å². The molecule has 22 heavy (non-hydrogen) atoms. The molecule has 1 aromatic carbocycles. The molecule has 4 nitrogen and oxygen atoms in total. The fourth-order valence-electron chi connectivity index (χ4n) is 2.58. The number of nitrogens with zero attached hydrogens (tertiary/aromatic N) is 1. The number of hydrogen-bond donors (Lipinski definition) is 1. The molecule has 0 radical (unpaired) electrons. The van der Waals surface area contributed by atoms with Gasteiger partial charge in [0.15, 0.2) is 0 Å². The van der Waals surface area contributed by atoms with Gasteiger partial charge in [-0.1, -0.05) is 24.6 Å². The van der Waals surface area contributed by atoms with Gasteiger partial charge < -0.3 is 0 Å². The quantitative estimate of drug-likeness (QED) is 0.908. The predicted octanol–water partition coefficient (Wildman–Crippen LogP) is 3.46. The van der Waals surface area contributed by atoms with E-state index < -0.39 is 10.0 Å². The third-order valence-electron chi connectivity index (χ3n) is 3.51. The molecule has 0 aliphatic carbocycles. The summed E-state index contributed by atoms with van der Waals surface area (Å²) in [5, 5.41) is 2.94. The maximum Gasteiger partial charge on any atom is 0.241 e. The molecule has 0 aliphatic heterocycles. The maximum absolute atomic E-state index is 12.6. The zero-order valence-electron chi connectivity index (χ0n) is 13.6. The average Bonchev–Trinajstić information content (AvgIpc) is 2.81. The molecule has 1 N–H and O–H groups in total. The van der Waals surface area contributed by atoms with E-state index in [2.05, 4.69) is 9.71 Å². The van der Waals surface area contributed by atoms with Crippen LogP contribution in [0.4, 0.5) is 0 Å². The van der Waals surface area contributed by atoms with Crippen LogP contribution >= 0.6 is 11.3 Å². The summed E-state index contributed by atoms with van der Waals surface area (Å²) in [6, 6.07) is 3.80. The Morgan fingerprint density at radius 3 is 2.27 bits per heavy atom. The standard InChI is InChI=1S/C16H22N2O2S2/c1-10-6-11(2)15(12(3)7-10)22(19,20)17-8-13(4)16-18-14(5)9-21-16/h6-7,9,13,17H,8H2,1-5H3. The number of sulfonamides is 1. The highest BCUT2D eigenvalue weighted by Gasteiger charge is 2.21. The lowest BCUT2D eigenvalue weighted by atomic mass is 10.1. The molecule has 0 bridgehead atoms. The van der Waals surface area contributed by atoms with E-state index in [0.29, 0.717) is 11.4 Å². The van der Waals surface area contributed by atoms with Crippen molar-refractivity contribution in [2.75, 3.05) is 6.54 Å². The molecule has 1 aromatic heterocycles. The Bertz CT molecular complexity index is 756. The minimum absolute atomic E-state index is 0.0551. The molecule has 0 aliphatic rings. The molecule has 2 rings (SSSR count). The van der Waals surface area contributed by atoms with Crippen molar-refractivity contribution in [2.24, 2.45) is 0 Å². The largest absolute Gasteiger partial charge is 0.246 e. The Kier molecular flexibility index (Phi) is 5.04. The van der Waals surface area contributed by atoms with Gasteiger partial charge in [0, 0.05) is 23.5 Å². The highest BCUT2D eigenvalue weighted by atomic mass is 32.2. The zero-order valence-corrected chi connectivity index (χ0v) is 15.2. The van der Waals surface area contributed by atoms with Crippen LogP contribution in [0.2, 0.25) is 0 Å². The smallest absolute Gasteiger partial charge is 0.241 e. The van der Waals surface area contributed by atoms with Gasteiger partial charge in [-0.2, -0.15) is 0 Å². The predicted molar refractivity (Wildman–Crippen MR) is 91.1 cm³/mol. The second kappa shape index (κ2) is 6.48. The van der Waals surface area contributed by atoms with Crippen LogP contribution in [0.1, 0.15) is 40.2 Å². The van der Waals surface area contributed by atoms with E-state index in [0.717, 1.165) is 27.4 Å². The van der Waals surface area contributed by atoms with Crippen molar-refractivity contribution in [1.82, 2.24) is 9.71 Å². The summed E-state index contributed by atoms with van der Waals surface area (Å²) in [6.07, 6.45) is 0. The number of benzene rings is 1. The van der Waals surface area contributed by atoms with E-state index in [1.165, 1.54) is 0 Å². The molecule has 0 spiro atoms. The maximum atomic E-state index is 12.6. The molecular weight excluding hydrogens is 316 g/mol. The van der Waals surface area contributed by atoms with Gasteiger partial charge in [0.1, 0.15) is 0 Å². The molecule has 2 aromatic rings. The summed E-state index contributed by atoms with van der Waals surface area (Å²) in [4.78, 5) is 4.80. The first-order valence-electron chi connectivity index (χ1n) is 7.20. The Morgan fingerprint density at radius 1 is 1.18 bits per heavy atom. The fraction of sp³-hybridized carbons (Fsp3) is 0.438. The van der Waals surface area contributed by atoms with Crippen molar-refractivity contribution in [3.63, 3.8) is 0 Å².